The lowest BCUT2D eigenvalue weighted by Crippen LogP contribution is -2.34. The minimum atomic E-state index is -4.61. The number of alkyl halides is 3. The van der Waals surface area contributed by atoms with Gasteiger partial charge in [-0.2, -0.15) is 0 Å². The molecule has 6 heteroatoms. The summed E-state index contributed by atoms with van der Waals surface area (Å²) in [5, 5.41) is 2.93. The van der Waals surface area contributed by atoms with Crippen LogP contribution in [0.5, 0.6) is 0 Å². The third-order valence-corrected chi connectivity index (χ3v) is 2.45. The molecule has 0 spiro atoms. The lowest BCUT2D eigenvalue weighted by atomic mass is 10.2. The van der Waals surface area contributed by atoms with E-state index < -0.39 is 19.0 Å². The average molecular weight is 265 g/mol. The van der Waals surface area contributed by atoms with Crippen molar-refractivity contribution in [2.24, 2.45) is 0 Å². The van der Waals surface area contributed by atoms with Crippen LogP contribution >= 0.6 is 0 Å². The number of hydrogen-bond acceptors (Lipinski definition) is 2. The number of hydrogen-bond donors (Lipinski definition) is 1. The molecule has 18 heavy (non-hydrogen) atoms. The summed E-state index contributed by atoms with van der Waals surface area (Å²) in [6.07, 6.45) is -4.09. The first-order chi connectivity index (χ1) is 8.40. The molecule has 1 rings (SSSR count). The molecule has 0 aliphatic rings. The van der Waals surface area contributed by atoms with E-state index in [9.17, 15) is 17.6 Å². The van der Waals surface area contributed by atoms with Crippen molar-refractivity contribution >= 4 is 0 Å². The van der Waals surface area contributed by atoms with Gasteiger partial charge in [-0.3, -0.25) is 4.74 Å². The molecule has 102 valence electrons. The van der Waals surface area contributed by atoms with Crippen LogP contribution in [0, 0.1) is 5.82 Å². The summed E-state index contributed by atoms with van der Waals surface area (Å²) < 4.78 is 52.0. The highest BCUT2D eigenvalue weighted by Gasteiger charge is 2.29. The molecule has 1 N–H and O–H groups in total. The Balaban J connectivity index is 2.37. The first-order valence-corrected chi connectivity index (χ1v) is 5.59. The van der Waals surface area contributed by atoms with Crippen molar-refractivity contribution in [1.29, 1.82) is 0 Å². The lowest BCUT2D eigenvalue weighted by molar-refractivity contribution is -0.326. The molecule has 1 unspecified atom stereocenters. The third kappa shape index (κ3) is 5.97. The highest BCUT2D eigenvalue weighted by Crippen LogP contribution is 2.16. The van der Waals surface area contributed by atoms with Crippen LogP contribution in [0.15, 0.2) is 24.3 Å². The molecule has 0 saturated carbocycles. The molecule has 0 amide bonds. The Bertz CT molecular complexity index is 350. The molecule has 1 aromatic rings. The van der Waals surface area contributed by atoms with Gasteiger partial charge in [0.15, 0.2) is 0 Å². The van der Waals surface area contributed by atoms with Crippen LogP contribution in [0.25, 0.3) is 0 Å². The van der Waals surface area contributed by atoms with E-state index in [1.807, 2.05) is 0 Å². The molecule has 0 aliphatic heterocycles. The quantitative estimate of drug-likeness (QED) is 0.797. The summed E-state index contributed by atoms with van der Waals surface area (Å²) in [5.41, 5.74) is 0.807. The van der Waals surface area contributed by atoms with Gasteiger partial charge in [0.2, 0.25) is 0 Å². The SMILES string of the molecule is CCC(COC(F)(F)F)NCc1ccc(F)cc1. The molecule has 0 fully saturated rings. The predicted molar refractivity (Wildman–Crippen MR) is 59.3 cm³/mol. The highest BCUT2D eigenvalue weighted by atomic mass is 19.4. The van der Waals surface area contributed by atoms with E-state index >= 15 is 0 Å². The number of halogens is 4. The monoisotopic (exact) mass is 265 g/mol. The standard InChI is InChI=1S/C12H15F4NO/c1-2-11(8-18-12(14,15)16)17-7-9-3-5-10(13)6-4-9/h3-6,11,17H,2,7-8H2,1H3. The van der Waals surface area contributed by atoms with Gasteiger partial charge in [0.25, 0.3) is 0 Å². The Labute approximate surface area is 103 Å². The fraction of sp³-hybridized carbons (Fsp3) is 0.500. The summed E-state index contributed by atoms with van der Waals surface area (Å²) in [7, 11) is 0. The van der Waals surface area contributed by atoms with Crippen molar-refractivity contribution in [1.82, 2.24) is 5.32 Å². The van der Waals surface area contributed by atoms with Crippen LogP contribution < -0.4 is 5.32 Å². The van der Waals surface area contributed by atoms with Crippen molar-refractivity contribution in [2.75, 3.05) is 6.61 Å². The summed E-state index contributed by atoms with van der Waals surface area (Å²) in [6.45, 7) is 1.71. The number of rotatable bonds is 6. The molecular weight excluding hydrogens is 250 g/mol. The van der Waals surface area contributed by atoms with E-state index in [2.05, 4.69) is 10.1 Å². The largest absolute Gasteiger partial charge is 0.522 e. The Morgan fingerprint density at radius 2 is 1.83 bits per heavy atom. The Hall–Kier alpha value is -1.14. The first kappa shape index (κ1) is 14.9. The normalized spacial score (nSPS) is 13.6. The minimum Gasteiger partial charge on any atom is -0.308 e. The maximum atomic E-state index is 12.6. The second kappa shape index (κ2) is 6.70. The second-order valence-electron chi connectivity index (χ2n) is 3.87. The number of nitrogens with one attached hydrogen (secondary N) is 1. The van der Waals surface area contributed by atoms with Gasteiger partial charge in [-0.25, -0.2) is 4.39 Å². The van der Waals surface area contributed by atoms with Crippen molar-refractivity contribution in [3.05, 3.63) is 35.6 Å². The summed E-state index contributed by atoms with van der Waals surface area (Å²) in [4.78, 5) is 0. The maximum absolute atomic E-state index is 12.6. The van der Waals surface area contributed by atoms with Crippen LogP contribution in [0.2, 0.25) is 0 Å². The predicted octanol–water partition coefficient (Wildman–Crippen LogP) is 3.23. The van der Waals surface area contributed by atoms with Gasteiger partial charge in [0, 0.05) is 12.6 Å². The number of benzene rings is 1. The van der Waals surface area contributed by atoms with Crippen molar-refractivity contribution in [3.63, 3.8) is 0 Å². The summed E-state index contributed by atoms with van der Waals surface area (Å²) >= 11 is 0. The Morgan fingerprint density at radius 1 is 1.22 bits per heavy atom. The van der Waals surface area contributed by atoms with Crippen LogP contribution in [0.3, 0.4) is 0 Å². The Kier molecular flexibility index (Phi) is 5.55. The van der Waals surface area contributed by atoms with Crippen molar-refractivity contribution in [3.8, 4) is 0 Å². The molecule has 0 radical (unpaired) electrons. The van der Waals surface area contributed by atoms with Crippen LogP contribution in [-0.2, 0) is 11.3 Å². The molecule has 0 aromatic heterocycles. The zero-order valence-corrected chi connectivity index (χ0v) is 9.93. The van der Waals surface area contributed by atoms with Crippen LogP contribution in [-0.4, -0.2) is 19.0 Å². The van der Waals surface area contributed by atoms with Crippen LogP contribution in [0.4, 0.5) is 17.6 Å². The van der Waals surface area contributed by atoms with E-state index in [0.29, 0.717) is 13.0 Å². The smallest absolute Gasteiger partial charge is 0.308 e. The number of ether oxygens (including phenoxy) is 1. The van der Waals surface area contributed by atoms with E-state index in [1.165, 1.54) is 12.1 Å². The fourth-order valence-electron chi connectivity index (χ4n) is 1.38. The molecule has 1 aromatic carbocycles. The van der Waals surface area contributed by atoms with Crippen molar-refractivity contribution in [2.45, 2.75) is 32.3 Å². The Morgan fingerprint density at radius 3 is 2.33 bits per heavy atom. The van der Waals surface area contributed by atoms with E-state index in [1.54, 1.807) is 19.1 Å². The van der Waals surface area contributed by atoms with Gasteiger partial charge in [-0.1, -0.05) is 19.1 Å². The zero-order valence-electron chi connectivity index (χ0n) is 9.93. The second-order valence-corrected chi connectivity index (χ2v) is 3.87. The van der Waals surface area contributed by atoms with Gasteiger partial charge >= 0.3 is 6.36 Å². The van der Waals surface area contributed by atoms with Crippen molar-refractivity contribution < 1.29 is 22.3 Å². The lowest BCUT2D eigenvalue weighted by Gasteiger charge is -2.18. The third-order valence-electron chi connectivity index (χ3n) is 2.45. The molecule has 2 nitrogen and oxygen atoms in total. The van der Waals surface area contributed by atoms with Crippen LogP contribution in [0.1, 0.15) is 18.9 Å². The van der Waals surface area contributed by atoms with Gasteiger partial charge in [0.1, 0.15) is 5.82 Å². The maximum Gasteiger partial charge on any atom is 0.522 e. The molecule has 0 bridgehead atoms. The highest BCUT2D eigenvalue weighted by molar-refractivity contribution is 5.15. The minimum absolute atomic E-state index is 0.341. The van der Waals surface area contributed by atoms with Gasteiger partial charge < -0.3 is 5.32 Å². The molecule has 0 aliphatic carbocycles. The van der Waals surface area contributed by atoms with E-state index in [0.717, 1.165) is 5.56 Å². The molecular formula is C12H15F4NO. The fourth-order valence-corrected chi connectivity index (χ4v) is 1.38. The first-order valence-electron chi connectivity index (χ1n) is 5.59. The van der Waals surface area contributed by atoms with Gasteiger partial charge in [0.05, 0.1) is 6.61 Å². The van der Waals surface area contributed by atoms with Gasteiger partial charge in [-0.05, 0) is 24.1 Å². The summed E-state index contributed by atoms with van der Waals surface area (Å²) in [5.74, 6) is -0.341. The molecule has 0 saturated heterocycles. The van der Waals surface area contributed by atoms with E-state index in [-0.39, 0.29) is 5.82 Å². The molecule has 0 heterocycles. The van der Waals surface area contributed by atoms with E-state index in [4.69, 9.17) is 0 Å². The molecule has 1 atom stereocenters. The summed E-state index contributed by atoms with van der Waals surface area (Å²) in [6, 6.07) is 5.39. The van der Waals surface area contributed by atoms with Gasteiger partial charge in [-0.15, -0.1) is 13.2 Å². The average Bonchev–Trinajstić information content (AvgIpc) is 2.30. The zero-order chi connectivity index (χ0) is 13.6. The topological polar surface area (TPSA) is 21.3 Å².